The molecule has 2 heterocycles. The summed E-state index contributed by atoms with van der Waals surface area (Å²) in [4.78, 5) is 22.8. The van der Waals surface area contributed by atoms with E-state index in [0.717, 1.165) is 18.5 Å². The van der Waals surface area contributed by atoms with Crippen LogP contribution < -0.4 is 0 Å². The second-order valence-electron chi connectivity index (χ2n) is 5.48. The number of nitrogens with zero attached hydrogens (tertiary/aromatic N) is 3. The maximum absolute atomic E-state index is 12.8. The third-order valence-corrected chi connectivity index (χ3v) is 3.89. The van der Waals surface area contributed by atoms with E-state index < -0.39 is 0 Å². The van der Waals surface area contributed by atoms with Crippen molar-refractivity contribution in [1.29, 1.82) is 0 Å². The minimum Gasteiger partial charge on any atom is -0.447 e. The molecule has 6 heteroatoms. The summed E-state index contributed by atoms with van der Waals surface area (Å²) < 4.78 is 10.7. The molecular weight excluding hydrogens is 282 g/mol. The molecule has 1 saturated carbocycles. The summed E-state index contributed by atoms with van der Waals surface area (Å²) in [6.07, 6.45) is 5.17. The molecule has 22 heavy (non-hydrogen) atoms. The van der Waals surface area contributed by atoms with Gasteiger partial charge in [-0.1, -0.05) is 6.07 Å². The molecule has 0 N–H and O–H groups in total. The lowest BCUT2D eigenvalue weighted by atomic mass is 10.1. The van der Waals surface area contributed by atoms with Crippen molar-refractivity contribution in [3.05, 3.63) is 47.9 Å². The van der Waals surface area contributed by atoms with Crippen LogP contribution >= 0.6 is 0 Å². The zero-order chi connectivity index (χ0) is 15.5. The zero-order valence-corrected chi connectivity index (χ0v) is 12.7. The van der Waals surface area contributed by atoms with Gasteiger partial charge in [-0.15, -0.1) is 0 Å². The van der Waals surface area contributed by atoms with Crippen molar-refractivity contribution in [3.8, 4) is 0 Å². The van der Waals surface area contributed by atoms with Gasteiger partial charge in [0.25, 0.3) is 5.91 Å². The molecular formula is C16H19N3O3. The zero-order valence-electron chi connectivity index (χ0n) is 12.7. The highest BCUT2D eigenvalue weighted by atomic mass is 16.5. The van der Waals surface area contributed by atoms with Gasteiger partial charge in [0.2, 0.25) is 0 Å². The molecule has 3 rings (SSSR count). The molecule has 2 aromatic heterocycles. The summed E-state index contributed by atoms with van der Waals surface area (Å²) in [5.41, 5.74) is 1.19. The molecule has 1 atom stereocenters. The Bertz CT molecular complexity index is 637. The number of carbonyl (C=O) groups is 1. The van der Waals surface area contributed by atoms with E-state index in [1.807, 2.05) is 18.2 Å². The fraction of sp³-hybridized carbons (Fsp3) is 0.438. The normalized spacial score (nSPS) is 15.5. The highest BCUT2D eigenvalue weighted by molar-refractivity contribution is 5.93. The Morgan fingerprint density at radius 1 is 1.45 bits per heavy atom. The number of ether oxygens (including phenoxy) is 1. The minimum absolute atomic E-state index is 0.164. The second kappa shape index (κ2) is 6.27. The molecule has 116 valence electrons. The minimum atomic E-state index is -0.262. The summed E-state index contributed by atoms with van der Waals surface area (Å²) in [6.45, 7) is 0.371. The van der Waals surface area contributed by atoms with Gasteiger partial charge in [-0.3, -0.25) is 9.78 Å². The van der Waals surface area contributed by atoms with E-state index in [4.69, 9.17) is 9.15 Å². The Morgan fingerprint density at radius 3 is 2.91 bits per heavy atom. The number of likely N-dealkylation sites (N-methyl/N-ethyl adjacent to an activating group) is 1. The van der Waals surface area contributed by atoms with E-state index in [0.29, 0.717) is 24.0 Å². The quantitative estimate of drug-likeness (QED) is 0.819. The van der Waals surface area contributed by atoms with Crippen molar-refractivity contribution in [2.24, 2.45) is 0 Å². The van der Waals surface area contributed by atoms with E-state index >= 15 is 0 Å². The van der Waals surface area contributed by atoms with Crippen LogP contribution in [0.5, 0.6) is 0 Å². The third-order valence-electron chi connectivity index (χ3n) is 3.89. The number of rotatable bonds is 6. The molecule has 0 saturated heterocycles. The van der Waals surface area contributed by atoms with E-state index in [2.05, 4.69) is 9.97 Å². The van der Waals surface area contributed by atoms with Crippen molar-refractivity contribution in [3.63, 3.8) is 0 Å². The first kappa shape index (κ1) is 14.7. The van der Waals surface area contributed by atoms with Gasteiger partial charge < -0.3 is 14.1 Å². The number of amides is 1. The van der Waals surface area contributed by atoms with Crippen LogP contribution in [0.3, 0.4) is 0 Å². The molecule has 1 amide bonds. The van der Waals surface area contributed by atoms with E-state index in [1.54, 1.807) is 25.3 Å². The van der Waals surface area contributed by atoms with E-state index in [-0.39, 0.29) is 11.9 Å². The maximum Gasteiger partial charge on any atom is 0.276 e. The van der Waals surface area contributed by atoms with Crippen LogP contribution in [0.2, 0.25) is 0 Å². The molecule has 2 aromatic rings. The molecule has 0 spiro atoms. The lowest BCUT2D eigenvalue weighted by Gasteiger charge is -2.26. The SMILES string of the molecule is COC[C@@H](c1ccccn1)N(C)C(=O)c1ncoc1C1CC1. The lowest BCUT2D eigenvalue weighted by molar-refractivity contribution is 0.0588. The van der Waals surface area contributed by atoms with Crippen LogP contribution in [-0.2, 0) is 4.74 Å². The number of methoxy groups -OCH3 is 1. The topological polar surface area (TPSA) is 68.5 Å². The Hall–Kier alpha value is -2.21. The number of hydrogen-bond donors (Lipinski definition) is 0. The van der Waals surface area contributed by atoms with Crippen LogP contribution in [-0.4, -0.2) is 41.5 Å². The van der Waals surface area contributed by atoms with Crippen molar-refractivity contribution in [2.75, 3.05) is 20.8 Å². The summed E-state index contributed by atoms with van der Waals surface area (Å²) in [5.74, 6) is 0.878. The Morgan fingerprint density at radius 2 is 2.27 bits per heavy atom. The average Bonchev–Trinajstić information content (AvgIpc) is 3.29. The number of hydrogen-bond acceptors (Lipinski definition) is 5. The van der Waals surface area contributed by atoms with Crippen LogP contribution in [0.25, 0.3) is 0 Å². The number of pyridine rings is 1. The Balaban J connectivity index is 1.84. The van der Waals surface area contributed by atoms with Gasteiger partial charge in [-0.25, -0.2) is 4.98 Å². The predicted octanol–water partition coefficient (Wildman–Crippen LogP) is 2.41. The molecule has 1 aliphatic carbocycles. The Labute approximate surface area is 129 Å². The average molecular weight is 301 g/mol. The van der Waals surface area contributed by atoms with Crippen LogP contribution in [0.15, 0.2) is 35.2 Å². The molecule has 1 aliphatic rings. The first-order valence-electron chi connectivity index (χ1n) is 7.32. The molecule has 0 aliphatic heterocycles. The summed E-state index contributed by atoms with van der Waals surface area (Å²) in [5, 5.41) is 0. The molecule has 0 unspecified atom stereocenters. The first-order chi connectivity index (χ1) is 10.7. The van der Waals surface area contributed by atoms with Crippen LogP contribution in [0.1, 0.15) is 46.7 Å². The van der Waals surface area contributed by atoms with E-state index in [1.165, 1.54) is 6.39 Å². The van der Waals surface area contributed by atoms with Crippen molar-refractivity contribution in [2.45, 2.75) is 24.8 Å². The van der Waals surface area contributed by atoms with Gasteiger partial charge in [-0.2, -0.15) is 0 Å². The molecule has 6 nitrogen and oxygen atoms in total. The van der Waals surface area contributed by atoms with Gasteiger partial charge in [0.05, 0.1) is 18.3 Å². The highest BCUT2D eigenvalue weighted by Crippen LogP contribution is 2.41. The van der Waals surface area contributed by atoms with Gasteiger partial charge in [0, 0.05) is 26.3 Å². The standard InChI is InChI=1S/C16H19N3O3/c1-19(13(9-21-2)12-5-3-4-8-17-12)16(20)14-15(11-6-7-11)22-10-18-14/h3-5,8,10-11,13H,6-7,9H2,1-2H3/t13-/m0/s1. The smallest absolute Gasteiger partial charge is 0.276 e. The van der Waals surface area contributed by atoms with Gasteiger partial charge in [0.1, 0.15) is 5.76 Å². The molecule has 0 radical (unpaired) electrons. The summed E-state index contributed by atoms with van der Waals surface area (Å²) >= 11 is 0. The largest absolute Gasteiger partial charge is 0.447 e. The van der Waals surface area contributed by atoms with Crippen LogP contribution in [0, 0.1) is 0 Å². The Kier molecular flexibility index (Phi) is 4.20. The third kappa shape index (κ3) is 2.87. The van der Waals surface area contributed by atoms with Crippen molar-refractivity contribution < 1.29 is 13.9 Å². The fourth-order valence-electron chi connectivity index (χ4n) is 2.49. The number of carbonyl (C=O) groups excluding carboxylic acids is 1. The maximum atomic E-state index is 12.8. The van der Waals surface area contributed by atoms with Gasteiger partial charge in [0.15, 0.2) is 12.1 Å². The summed E-state index contributed by atoms with van der Waals surface area (Å²) in [6, 6.07) is 5.37. The lowest BCUT2D eigenvalue weighted by Crippen LogP contribution is -2.34. The predicted molar refractivity (Wildman–Crippen MR) is 79.4 cm³/mol. The van der Waals surface area contributed by atoms with Crippen LogP contribution in [0.4, 0.5) is 0 Å². The van der Waals surface area contributed by atoms with Crippen molar-refractivity contribution in [1.82, 2.24) is 14.9 Å². The molecule has 1 fully saturated rings. The fourth-order valence-corrected chi connectivity index (χ4v) is 2.49. The van der Waals surface area contributed by atoms with Gasteiger partial charge >= 0.3 is 0 Å². The first-order valence-corrected chi connectivity index (χ1v) is 7.32. The molecule has 0 aromatic carbocycles. The van der Waals surface area contributed by atoms with E-state index in [9.17, 15) is 4.79 Å². The second-order valence-corrected chi connectivity index (χ2v) is 5.48. The highest BCUT2D eigenvalue weighted by Gasteiger charge is 2.35. The van der Waals surface area contributed by atoms with Crippen molar-refractivity contribution >= 4 is 5.91 Å². The number of aromatic nitrogens is 2. The van der Waals surface area contributed by atoms with Gasteiger partial charge in [-0.05, 0) is 25.0 Å². The monoisotopic (exact) mass is 301 g/mol. The molecule has 0 bridgehead atoms. The number of oxazole rings is 1. The summed E-state index contributed by atoms with van der Waals surface area (Å²) in [7, 11) is 3.35.